The number of benzene rings is 3. The summed E-state index contributed by atoms with van der Waals surface area (Å²) in [5, 5.41) is 11.9. The average molecular weight is 677 g/mol. The van der Waals surface area contributed by atoms with Crippen LogP contribution in [0.2, 0.25) is 0 Å². The number of fused-ring (bicyclic) bond motifs is 1. The van der Waals surface area contributed by atoms with Crippen LogP contribution in [-0.4, -0.2) is 33.5 Å². The first-order valence-corrected chi connectivity index (χ1v) is 16.4. The molecule has 1 unspecified atom stereocenters. The predicted octanol–water partition coefficient (Wildman–Crippen LogP) is 8.36. The molecule has 0 spiro atoms. The largest absolute Gasteiger partial charge is 0.495 e. The highest BCUT2D eigenvalue weighted by atomic mass is 79.9. The highest BCUT2D eigenvalue weighted by molar-refractivity contribution is 9.10. The van der Waals surface area contributed by atoms with Crippen molar-refractivity contribution in [2.24, 2.45) is 0 Å². The van der Waals surface area contributed by atoms with E-state index in [2.05, 4.69) is 78.5 Å². The van der Waals surface area contributed by atoms with Crippen molar-refractivity contribution in [3.63, 3.8) is 0 Å². The Morgan fingerprint density at radius 1 is 1.09 bits per heavy atom. The van der Waals surface area contributed by atoms with Gasteiger partial charge in [0.2, 0.25) is 11.1 Å². The topological polar surface area (TPSA) is 90.3 Å². The van der Waals surface area contributed by atoms with Gasteiger partial charge in [-0.1, -0.05) is 91.8 Å². The van der Waals surface area contributed by atoms with E-state index in [9.17, 15) is 4.79 Å². The van der Waals surface area contributed by atoms with Crippen LogP contribution >= 0.6 is 27.7 Å². The number of para-hydroxylation sites is 2. The molecule has 2 heterocycles. The molecule has 8 nitrogen and oxygen atoms in total. The fraction of sp³-hybridized carbons (Fsp3) is 0.324. The summed E-state index contributed by atoms with van der Waals surface area (Å²) in [6.45, 7) is 11.0. The van der Waals surface area contributed by atoms with Crippen molar-refractivity contribution in [3.05, 3.63) is 99.2 Å². The minimum absolute atomic E-state index is 0.0714. The van der Waals surface area contributed by atoms with Crippen LogP contribution in [0.25, 0.3) is 0 Å². The Hall–Kier alpha value is -3.76. The molecule has 0 bridgehead atoms. The lowest BCUT2D eigenvalue weighted by molar-refractivity contribution is -0.113. The Morgan fingerprint density at radius 2 is 1.84 bits per heavy atom. The molecule has 1 aliphatic rings. The van der Waals surface area contributed by atoms with Crippen LogP contribution in [0.4, 0.5) is 11.6 Å². The Balaban J connectivity index is 1.55. The van der Waals surface area contributed by atoms with Crippen molar-refractivity contribution >= 4 is 45.2 Å². The zero-order valence-corrected chi connectivity index (χ0v) is 28.3. The summed E-state index contributed by atoms with van der Waals surface area (Å²) in [4.78, 5) is 18.9. The van der Waals surface area contributed by atoms with Gasteiger partial charge in [0.05, 0.1) is 18.4 Å². The van der Waals surface area contributed by atoms with Gasteiger partial charge in [0, 0.05) is 21.5 Å². The van der Waals surface area contributed by atoms with Crippen LogP contribution in [-0.2, 0) is 16.8 Å². The second-order valence-corrected chi connectivity index (χ2v) is 13.6. The number of aromatic nitrogens is 3. The van der Waals surface area contributed by atoms with Gasteiger partial charge in [-0.05, 0) is 60.2 Å². The number of carbonyl (C=O) groups excluding carboxylic acids is 1. The number of thioether (sulfide) groups is 1. The number of carbonyl (C=O) groups is 1. The van der Waals surface area contributed by atoms with Crippen molar-refractivity contribution in [1.82, 2.24) is 14.8 Å². The standard InChI is InChI=1S/C34H38BrN5O3S/c1-7-18-44-33-38-32-36-21(2)29(31(41)37-26-10-8-9-11-28(26)42-6)30(40(32)39-33)25-19-24(35)16-17-27(25)43-20-22-12-14-23(15-13-22)34(3,4)5/h8-17,19,30H,7,18,20H2,1-6H3,(H,37,41)(H,36,38,39). The second kappa shape index (κ2) is 13.5. The smallest absolute Gasteiger partial charge is 0.255 e. The van der Waals surface area contributed by atoms with E-state index in [4.69, 9.17) is 19.6 Å². The molecule has 5 rings (SSSR count). The number of halogens is 1. The van der Waals surface area contributed by atoms with Gasteiger partial charge in [-0.2, -0.15) is 4.98 Å². The first kappa shape index (κ1) is 31.7. The van der Waals surface area contributed by atoms with Gasteiger partial charge in [0.1, 0.15) is 24.1 Å². The Labute approximate surface area is 271 Å². The van der Waals surface area contributed by atoms with Crippen LogP contribution in [0.15, 0.2) is 87.6 Å². The maximum absolute atomic E-state index is 14.1. The zero-order valence-electron chi connectivity index (χ0n) is 25.9. The maximum Gasteiger partial charge on any atom is 0.255 e. The number of methoxy groups -OCH3 is 1. The third-order valence-electron chi connectivity index (χ3n) is 7.35. The lowest BCUT2D eigenvalue weighted by Crippen LogP contribution is -2.32. The lowest BCUT2D eigenvalue weighted by Gasteiger charge is -2.30. The van der Waals surface area contributed by atoms with Crippen LogP contribution < -0.4 is 20.1 Å². The predicted molar refractivity (Wildman–Crippen MR) is 181 cm³/mol. The lowest BCUT2D eigenvalue weighted by atomic mass is 9.87. The molecule has 230 valence electrons. The van der Waals surface area contributed by atoms with Crippen LogP contribution in [0.3, 0.4) is 0 Å². The molecule has 1 aliphatic heterocycles. The summed E-state index contributed by atoms with van der Waals surface area (Å²) in [6, 6.07) is 21.1. The molecule has 1 atom stereocenters. The molecule has 0 saturated carbocycles. The van der Waals surface area contributed by atoms with Crippen molar-refractivity contribution in [1.29, 1.82) is 0 Å². The molecule has 10 heteroatoms. The summed E-state index contributed by atoms with van der Waals surface area (Å²) in [5.41, 5.74) is 4.93. The summed E-state index contributed by atoms with van der Waals surface area (Å²) in [5.74, 6) is 2.41. The molecule has 4 aromatic rings. The molecule has 3 aromatic carbocycles. The van der Waals surface area contributed by atoms with Gasteiger partial charge < -0.3 is 20.1 Å². The van der Waals surface area contributed by atoms with Gasteiger partial charge in [0.25, 0.3) is 5.91 Å². The molecule has 44 heavy (non-hydrogen) atoms. The maximum atomic E-state index is 14.1. The molecule has 1 amide bonds. The molecule has 0 fully saturated rings. The SMILES string of the molecule is CCCSc1nc2n(n1)C(c1cc(Br)ccc1OCc1ccc(C(C)(C)C)cc1)C(C(=O)Nc1ccccc1OC)=C(C)N2. The molecule has 0 aliphatic carbocycles. The van der Waals surface area contributed by atoms with Crippen LogP contribution in [0, 0.1) is 0 Å². The van der Waals surface area contributed by atoms with Crippen molar-refractivity contribution in [3.8, 4) is 11.5 Å². The quantitative estimate of drug-likeness (QED) is 0.163. The molecular formula is C34H38BrN5O3S. The fourth-order valence-electron chi connectivity index (χ4n) is 5.03. The number of rotatable bonds is 10. The van der Waals surface area contributed by atoms with E-state index in [1.807, 2.05) is 49.4 Å². The van der Waals surface area contributed by atoms with E-state index < -0.39 is 6.04 Å². The van der Waals surface area contributed by atoms with Crippen LogP contribution in [0.1, 0.15) is 63.8 Å². The summed E-state index contributed by atoms with van der Waals surface area (Å²) < 4.78 is 14.6. The van der Waals surface area contributed by atoms with E-state index in [1.54, 1.807) is 23.6 Å². The van der Waals surface area contributed by atoms with Crippen molar-refractivity contribution in [2.45, 2.75) is 64.3 Å². The normalized spacial score (nSPS) is 14.6. The first-order chi connectivity index (χ1) is 21.1. The number of ether oxygens (including phenoxy) is 2. The highest BCUT2D eigenvalue weighted by Gasteiger charge is 2.36. The van der Waals surface area contributed by atoms with Gasteiger partial charge in [-0.15, -0.1) is 5.10 Å². The number of amides is 1. The molecular weight excluding hydrogens is 638 g/mol. The van der Waals surface area contributed by atoms with Crippen molar-refractivity contribution < 1.29 is 14.3 Å². The van der Waals surface area contributed by atoms with Gasteiger partial charge in [-0.25, -0.2) is 4.68 Å². The molecule has 1 aromatic heterocycles. The summed E-state index contributed by atoms with van der Waals surface area (Å²) in [6.07, 6.45) is 0.996. The Morgan fingerprint density at radius 3 is 2.55 bits per heavy atom. The third-order valence-corrected chi connectivity index (χ3v) is 8.89. The number of hydrogen-bond donors (Lipinski definition) is 2. The van der Waals surface area contributed by atoms with Gasteiger partial charge in [0.15, 0.2) is 0 Å². The highest BCUT2D eigenvalue weighted by Crippen LogP contribution is 2.42. The van der Waals surface area contributed by atoms with E-state index >= 15 is 0 Å². The zero-order chi connectivity index (χ0) is 31.4. The number of allylic oxidation sites excluding steroid dienone is 1. The van der Waals surface area contributed by atoms with E-state index in [0.717, 1.165) is 27.8 Å². The minimum Gasteiger partial charge on any atom is -0.495 e. The number of hydrogen-bond acceptors (Lipinski definition) is 7. The fourth-order valence-corrected chi connectivity index (χ4v) is 6.09. The molecule has 0 saturated heterocycles. The minimum atomic E-state index is -0.611. The monoisotopic (exact) mass is 675 g/mol. The Kier molecular flexibility index (Phi) is 9.70. The molecule has 0 radical (unpaired) electrons. The summed E-state index contributed by atoms with van der Waals surface area (Å²) in [7, 11) is 1.58. The number of nitrogens with one attached hydrogen (secondary N) is 2. The van der Waals surface area contributed by atoms with Crippen molar-refractivity contribution in [2.75, 3.05) is 23.5 Å². The van der Waals surface area contributed by atoms with E-state index in [1.165, 1.54) is 5.56 Å². The Bertz CT molecular complexity index is 1680. The third kappa shape index (κ3) is 6.97. The summed E-state index contributed by atoms with van der Waals surface area (Å²) >= 11 is 5.24. The number of anilines is 2. The van der Waals surface area contributed by atoms with Gasteiger partial charge >= 0.3 is 0 Å². The van der Waals surface area contributed by atoms with Gasteiger partial charge in [-0.3, -0.25) is 4.79 Å². The number of nitrogens with zero attached hydrogens (tertiary/aromatic N) is 3. The second-order valence-electron chi connectivity index (χ2n) is 11.6. The molecule has 2 N–H and O–H groups in total. The van der Waals surface area contributed by atoms with Crippen LogP contribution in [0.5, 0.6) is 11.5 Å². The average Bonchev–Trinajstić information content (AvgIpc) is 3.41. The first-order valence-electron chi connectivity index (χ1n) is 14.6. The van der Waals surface area contributed by atoms with E-state index in [-0.39, 0.29) is 11.3 Å². The van der Waals surface area contributed by atoms with E-state index in [0.29, 0.717) is 46.2 Å².